The van der Waals surface area contributed by atoms with Crippen LogP contribution in [0.1, 0.15) is 36.2 Å². The summed E-state index contributed by atoms with van der Waals surface area (Å²) in [5, 5.41) is 4.14. The molecule has 5 nitrogen and oxygen atoms in total. The highest BCUT2D eigenvalue weighted by molar-refractivity contribution is 6.30. The number of hydrogen-bond donors (Lipinski definition) is 1. The number of benzene rings is 1. The Hall–Kier alpha value is -2.61. The minimum atomic E-state index is -4.49. The van der Waals surface area contributed by atoms with Crippen LogP contribution >= 0.6 is 11.6 Å². The summed E-state index contributed by atoms with van der Waals surface area (Å²) < 4.78 is 46.3. The average Bonchev–Trinajstić information content (AvgIpc) is 3.46. The number of hydrogen-bond acceptors (Lipinski definition) is 5. The fourth-order valence-corrected chi connectivity index (χ4v) is 3.92. The van der Waals surface area contributed by atoms with Crippen molar-refractivity contribution < 1.29 is 17.9 Å². The van der Waals surface area contributed by atoms with E-state index in [9.17, 15) is 13.2 Å². The van der Waals surface area contributed by atoms with Gasteiger partial charge in [-0.25, -0.2) is 15.0 Å². The van der Waals surface area contributed by atoms with Gasteiger partial charge in [0, 0.05) is 22.9 Å². The minimum Gasteiger partial charge on any atom is -0.493 e. The van der Waals surface area contributed by atoms with Gasteiger partial charge in [-0.15, -0.1) is 0 Å². The first-order valence-corrected chi connectivity index (χ1v) is 9.63. The Morgan fingerprint density at radius 2 is 1.97 bits per heavy atom. The van der Waals surface area contributed by atoms with E-state index in [1.54, 1.807) is 18.3 Å². The summed E-state index contributed by atoms with van der Waals surface area (Å²) in [6.07, 6.45) is -0.612. The van der Waals surface area contributed by atoms with Gasteiger partial charge in [0.05, 0.1) is 23.9 Å². The van der Waals surface area contributed by atoms with Crippen molar-refractivity contribution in [2.24, 2.45) is 0 Å². The number of anilines is 1. The number of nitrogens with one attached hydrogen (secondary N) is 1. The highest BCUT2D eigenvalue weighted by Gasteiger charge is 2.47. The standard InChI is InChI=1S/C20H16ClF3N4O/c21-15-8-12-14(10-25-15)27-18-19(4-5-19)6-7-29-16-11(9-26-17(12)28-18)2-1-3-13(16)20(22,23)24/h1-3,8,10H,4-7,9H2,(H,26,27,28). The molecule has 0 unspecified atom stereocenters. The third-order valence-electron chi connectivity index (χ3n) is 5.55. The maximum absolute atomic E-state index is 13.5. The number of nitrogens with zero attached hydrogens (tertiary/aromatic N) is 3. The van der Waals surface area contributed by atoms with E-state index >= 15 is 0 Å². The largest absolute Gasteiger partial charge is 0.493 e. The molecule has 1 N–H and O–H groups in total. The SMILES string of the molecule is FC(F)(F)c1cccc2c1OCCC1(CC1)c1nc(c3cc(Cl)ncc3n1)NC2. The van der Waals surface area contributed by atoms with E-state index in [2.05, 4.69) is 15.3 Å². The second-order valence-corrected chi connectivity index (χ2v) is 7.83. The zero-order valence-electron chi connectivity index (χ0n) is 15.2. The van der Waals surface area contributed by atoms with Crippen LogP contribution in [0, 0.1) is 0 Å². The molecule has 2 aromatic heterocycles. The van der Waals surface area contributed by atoms with Crippen molar-refractivity contribution in [3.63, 3.8) is 0 Å². The second-order valence-electron chi connectivity index (χ2n) is 7.44. The molecule has 1 aromatic carbocycles. The molecule has 29 heavy (non-hydrogen) atoms. The van der Waals surface area contributed by atoms with Crippen molar-refractivity contribution in [2.75, 3.05) is 11.9 Å². The highest BCUT2D eigenvalue weighted by Crippen LogP contribution is 2.50. The first-order chi connectivity index (χ1) is 13.9. The Morgan fingerprint density at radius 1 is 1.14 bits per heavy atom. The predicted octanol–water partition coefficient (Wildman–Crippen LogP) is 5.12. The lowest BCUT2D eigenvalue weighted by atomic mass is 10.0. The van der Waals surface area contributed by atoms with Crippen molar-refractivity contribution in [1.29, 1.82) is 0 Å². The predicted molar refractivity (Wildman–Crippen MR) is 102 cm³/mol. The zero-order valence-corrected chi connectivity index (χ0v) is 15.9. The number of para-hydroxylation sites is 1. The molecule has 1 saturated carbocycles. The summed E-state index contributed by atoms with van der Waals surface area (Å²) in [5.41, 5.74) is 0.0236. The highest BCUT2D eigenvalue weighted by atomic mass is 35.5. The fourth-order valence-electron chi connectivity index (χ4n) is 3.76. The van der Waals surface area contributed by atoms with Crippen LogP contribution in [-0.4, -0.2) is 21.6 Å². The maximum atomic E-state index is 13.5. The van der Waals surface area contributed by atoms with Gasteiger partial charge >= 0.3 is 6.18 Å². The van der Waals surface area contributed by atoms with E-state index in [1.807, 2.05) is 0 Å². The van der Waals surface area contributed by atoms with Crippen molar-refractivity contribution in [2.45, 2.75) is 37.4 Å². The second kappa shape index (κ2) is 6.45. The fraction of sp³-hybridized carbons (Fsp3) is 0.350. The molecule has 0 amide bonds. The summed E-state index contributed by atoms with van der Waals surface area (Å²) in [6, 6.07) is 5.72. The molecule has 5 rings (SSSR count). The van der Waals surface area contributed by atoms with Crippen molar-refractivity contribution in [3.05, 3.63) is 52.6 Å². The minimum absolute atomic E-state index is 0.123. The first kappa shape index (κ1) is 18.4. The number of aromatic nitrogens is 3. The summed E-state index contributed by atoms with van der Waals surface area (Å²) in [5.74, 6) is 1.07. The van der Waals surface area contributed by atoms with Gasteiger partial charge in [-0.2, -0.15) is 13.2 Å². The summed E-state index contributed by atoms with van der Waals surface area (Å²) in [4.78, 5) is 13.5. The van der Waals surface area contributed by atoms with Gasteiger partial charge in [-0.3, -0.25) is 0 Å². The number of fused-ring (bicyclic) bond motifs is 6. The average molecular weight is 421 g/mol. The lowest BCUT2D eigenvalue weighted by Crippen LogP contribution is -2.17. The quantitative estimate of drug-likeness (QED) is 0.511. The molecule has 150 valence electrons. The van der Waals surface area contributed by atoms with Crippen LogP contribution < -0.4 is 10.1 Å². The van der Waals surface area contributed by atoms with E-state index in [-0.39, 0.29) is 24.3 Å². The summed E-state index contributed by atoms with van der Waals surface area (Å²) in [7, 11) is 0. The van der Waals surface area contributed by atoms with Crippen LogP contribution in [0.3, 0.4) is 0 Å². The lowest BCUT2D eigenvalue weighted by molar-refractivity contribution is -0.139. The van der Waals surface area contributed by atoms with Crippen LogP contribution in [0.25, 0.3) is 10.9 Å². The van der Waals surface area contributed by atoms with Crippen LogP contribution in [0.15, 0.2) is 30.5 Å². The third kappa shape index (κ3) is 3.25. The number of halogens is 4. The monoisotopic (exact) mass is 420 g/mol. The molecule has 0 saturated heterocycles. The van der Waals surface area contributed by atoms with Gasteiger partial charge < -0.3 is 10.1 Å². The molecule has 1 spiro atoms. The van der Waals surface area contributed by atoms with E-state index in [0.29, 0.717) is 39.7 Å². The molecule has 2 aliphatic rings. The maximum Gasteiger partial charge on any atom is 0.419 e. The lowest BCUT2D eigenvalue weighted by Gasteiger charge is -2.18. The van der Waals surface area contributed by atoms with Crippen LogP contribution in [0.5, 0.6) is 5.75 Å². The van der Waals surface area contributed by atoms with Crippen molar-refractivity contribution in [1.82, 2.24) is 15.0 Å². The smallest absolute Gasteiger partial charge is 0.419 e. The van der Waals surface area contributed by atoms with Crippen molar-refractivity contribution >= 4 is 28.3 Å². The summed E-state index contributed by atoms with van der Waals surface area (Å²) in [6.45, 7) is 0.285. The number of pyridine rings is 1. The molecule has 0 radical (unpaired) electrons. The topological polar surface area (TPSA) is 59.9 Å². The van der Waals surface area contributed by atoms with E-state index in [0.717, 1.165) is 18.9 Å². The molecule has 2 bridgehead atoms. The van der Waals surface area contributed by atoms with Crippen LogP contribution in [-0.2, 0) is 18.1 Å². The molecular formula is C20H16ClF3N4O. The molecule has 9 heteroatoms. The molecule has 0 atom stereocenters. The molecule has 3 aromatic rings. The molecular weight excluding hydrogens is 405 g/mol. The van der Waals surface area contributed by atoms with E-state index < -0.39 is 11.7 Å². The Kier molecular flexibility index (Phi) is 4.10. The Bertz CT molecular complexity index is 1110. The van der Waals surface area contributed by atoms with Crippen LogP contribution in [0.4, 0.5) is 19.0 Å². The zero-order chi connectivity index (χ0) is 20.2. The van der Waals surface area contributed by atoms with Crippen LogP contribution in [0.2, 0.25) is 5.15 Å². The first-order valence-electron chi connectivity index (χ1n) is 9.25. The Balaban J connectivity index is 1.65. The third-order valence-corrected chi connectivity index (χ3v) is 5.76. The molecule has 1 aliphatic heterocycles. The van der Waals surface area contributed by atoms with Gasteiger partial charge in [0.15, 0.2) is 0 Å². The van der Waals surface area contributed by atoms with Gasteiger partial charge in [0.25, 0.3) is 0 Å². The van der Waals surface area contributed by atoms with Gasteiger partial charge in [0.2, 0.25) is 0 Å². The Labute approximate surface area is 169 Å². The normalized spacial score (nSPS) is 17.8. The molecule has 1 aliphatic carbocycles. The Morgan fingerprint density at radius 3 is 2.72 bits per heavy atom. The molecule has 1 fully saturated rings. The van der Waals surface area contributed by atoms with E-state index in [1.165, 1.54) is 6.07 Å². The molecule has 3 heterocycles. The van der Waals surface area contributed by atoms with Gasteiger partial charge in [0.1, 0.15) is 22.5 Å². The van der Waals surface area contributed by atoms with E-state index in [4.69, 9.17) is 21.3 Å². The van der Waals surface area contributed by atoms with Gasteiger partial charge in [-0.05, 0) is 31.4 Å². The number of ether oxygens (including phenoxy) is 1. The number of alkyl halides is 3. The summed E-state index contributed by atoms with van der Waals surface area (Å²) >= 11 is 6.04. The van der Waals surface area contributed by atoms with Crippen molar-refractivity contribution in [3.8, 4) is 5.75 Å². The number of rotatable bonds is 0. The van der Waals surface area contributed by atoms with Gasteiger partial charge in [-0.1, -0.05) is 23.7 Å².